The van der Waals surface area contributed by atoms with Gasteiger partial charge in [-0.25, -0.2) is 9.32 Å². The van der Waals surface area contributed by atoms with Crippen molar-refractivity contribution >= 4 is 10.3 Å². The number of rotatable bonds is 2. The number of hydrogen-bond acceptors (Lipinski definition) is 4. The third-order valence-corrected chi connectivity index (χ3v) is 0.858. The lowest BCUT2D eigenvalue weighted by Gasteiger charge is -2.01. The smallest absolute Gasteiger partial charge is 0.305 e. The van der Waals surface area contributed by atoms with Gasteiger partial charge in [0.05, 0.1) is 0 Å². The highest BCUT2D eigenvalue weighted by Gasteiger charge is 2.03. The highest BCUT2D eigenvalue weighted by atomic mass is 32.2. The van der Waals surface area contributed by atoms with Crippen molar-refractivity contribution in [2.45, 2.75) is 13.2 Å². The molecule has 0 aliphatic rings. The number of nitrogens with two attached hydrogens (primary N) is 2. The van der Waals surface area contributed by atoms with Gasteiger partial charge in [0, 0.05) is 0 Å². The van der Waals surface area contributed by atoms with Gasteiger partial charge in [0.25, 0.3) is 0 Å². The van der Waals surface area contributed by atoms with Gasteiger partial charge in [-0.15, -0.1) is 0 Å². The molecule has 0 aliphatic carbocycles. The Labute approximate surface area is 47.9 Å². The summed E-state index contributed by atoms with van der Waals surface area (Å²) < 4.78 is 23.8. The average Bonchev–Trinajstić information content (AvgIpc) is 1.21. The molecule has 0 aromatic rings. The lowest BCUT2D eigenvalue weighted by Crippen LogP contribution is -2.27. The molecule has 0 bridgehead atoms. The third-order valence-electron chi connectivity index (χ3n) is 0.286. The largest absolute Gasteiger partial charge is 0.334 e. The second kappa shape index (κ2) is 2.40. The van der Waals surface area contributed by atoms with Gasteiger partial charge in [0.2, 0.25) is 0 Å². The maximum absolute atomic E-state index is 9.92. The van der Waals surface area contributed by atoms with Gasteiger partial charge in [-0.1, -0.05) is 0 Å². The van der Waals surface area contributed by atoms with E-state index in [1.165, 1.54) is 6.92 Å². The summed E-state index contributed by atoms with van der Waals surface area (Å²) in [5.41, 5.74) is 4.90. The summed E-state index contributed by atoms with van der Waals surface area (Å²) in [6.07, 6.45) is -0.870. The van der Waals surface area contributed by atoms with Crippen LogP contribution < -0.4 is 10.9 Å². The Balaban J connectivity index is 3.75. The zero-order valence-electron chi connectivity index (χ0n) is 4.37. The third kappa shape index (κ3) is 5.83. The minimum absolute atomic E-state index is 0.870. The normalized spacial score (nSPS) is 15.9. The van der Waals surface area contributed by atoms with Crippen LogP contribution in [0, 0.1) is 0 Å². The van der Waals surface area contributed by atoms with Crippen molar-refractivity contribution in [3.8, 4) is 0 Å². The minimum Gasteiger partial charge on any atom is -0.305 e. The molecule has 0 amide bonds. The van der Waals surface area contributed by atoms with E-state index in [1.54, 1.807) is 0 Å². The first kappa shape index (κ1) is 7.83. The van der Waals surface area contributed by atoms with E-state index in [1.807, 2.05) is 0 Å². The molecule has 0 aromatic carbocycles. The summed E-state index contributed by atoms with van der Waals surface area (Å²) in [5.74, 6) is 0. The van der Waals surface area contributed by atoms with Crippen LogP contribution in [0.25, 0.3) is 0 Å². The molecule has 0 heterocycles. The molecule has 0 spiro atoms. The second-order valence-electron chi connectivity index (χ2n) is 1.29. The Morgan fingerprint density at radius 2 is 2.00 bits per heavy atom. The molecule has 1 atom stereocenters. The van der Waals surface area contributed by atoms with Crippen LogP contribution in [0.3, 0.4) is 0 Å². The minimum atomic E-state index is -3.85. The first-order valence-corrected chi connectivity index (χ1v) is 3.35. The van der Waals surface area contributed by atoms with Crippen LogP contribution in [0.4, 0.5) is 0 Å². The molecule has 0 saturated heterocycles. The standard InChI is InChI=1S/C2H8N2O3S/c1-2(3)7-8(4,5)6/h2H,3H2,1H3,(H2,4,5,6). The lowest BCUT2D eigenvalue weighted by atomic mass is 10.7. The van der Waals surface area contributed by atoms with E-state index in [2.05, 4.69) is 9.32 Å². The van der Waals surface area contributed by atoms with Crippen LogP contribution in [0.1, 0.15) is 6.92 Å². The summed E-state index contributed by atoms with van der Waals surface area (Å²) in [7, 11) is -3.85. The van der Waals surface area contributed by atoms with Crippen molar-refractivity contribution < 1.29 is 12.6 Å². The Morgan fingerprint density at radius 1 is 1.62 bits per heavy atom. The number of hydrogen-bond donors (Lipinski definition) is 2. The fraction of sp³-hybridized carbons (Fsp3) is 1.00. The Bertz CT molecular complexity index is 149. The summed E-state index contributed by atoms with van der Waals surface area (Å²) in [4.78, 5) is 0. The quantitative estimate of drug-likeness (QED) is 0.457. The molecule has 5 nitrogen and oxygen atoms in total. The second-order valence-corrected chi connectivity index (χ2v) is 2.47. The van der Waals surface area contributed by atoms with Crippen molar-refractivity contribution in [1.82, 2.24) is 0 Å². The Morgan fingerprint density at radius 3 is 2.00 bits per heavy atom. The van der Waals surface area contributed by atoms with Crippen molar-refractivity contribution in [2.75, 3.05) is 0 Å². The molecule has 0 aliphatic heterocycles. The first-order valence-electron chi connectivity index (χ1n) is 1.88. The monoisotopic (exact) mass is 140 g/mol. The van der Waals surface area contributed by atoms with Crippen LogP contribution in [0.2, 0.25) is 0 Å². The molecule has 8 heavy (non-hydrogen) atoms. The summed E-state index contributed by atoms with van der Waals surface area (Å²) in [6, 6.07) is 0. The van der Waals surface area contributed by atoms with E-state index in [9.17, 15) is 8.42 Å². The predicted octanol–water partition coefficient (Wildman–Crippen LogP) is -1.49. The van der Waals surface area contributed by atoms with E-state index in [4.69, 9.17) is 5.73 Å². The fourth-order valence-electron chi connectivity index (χ4n) is 0.212. The predicted molar refractivity (Wildman–Crippen MR) is 27.8 cm³/mol. The molecule has 0 radical (unpaired) electrons. The van der Waals surface area contributed by atoms with Gasteiger partial charge in [0.1, 0.15) is 6.23 Å². The van der Waals surface area contributed by atoms with Gasteiger partial charge < -0.3 is 5.73 Å². The lowest BCUT2D eigenvalue weighted by molar-refractivity contribution is 0.237. The van der Waals surface area contributed by atoms with E-state index >= 15 is 0 Å². The van der Waals surface area contributed by atoms with Crippen LogP contribution in [0.5, 0.6) is 0 Å². The fourth-order valence-corrected chi connectivity index (χ4v) is 0.635. The zero-order chi connectivity index (χ0) is 6.78. The Hall–Kier alpha value is -0.170. The molecule has 1 unspecified atom stereocenters. The maximum Gasteiger partial charge on any atom is 0.334 e. The molecule has 0 fully saturated rings. The molecular weight excluding hydrogens is 132 g/mol. The van der Waals surface area contributed by atoms with Gasteiger partial charge in [-0.05, 0) is 6.92 Å². The van der Waals surface area contributed by atoms with Crippen molar-refractivity contribution in [3.05, 3.63) is 0 Å². The molecule has 0 aromatic heterocycles. The van der Waals surface area contributed by atoms with Gasteiger partial charge in [0.15, 0.2) is 0 Å². The molecule has 6 heteroatoms. The summed E-state index contributed by atoms with van der Waals surface area (Å²) in [5, 5.41) is 4.41. The van der Waals surface area contributed by atoms with E-state index in [0.717, 1.165) is 0 Å². The topological polar surface area (TPSA) is 95.4 Å². The average molecular weight is 140 g/mol. The van der Waals surface area contributed by atoms with Crippen molar-refractivity contribution in [3.63, 3.8) is 0 Å². The molecule has 4 N–H and O–H groups in total. The van der Waals surface area contributed by atoms with Gasteiger partial charge in [-0.2, -0.15) is 8.42 Å². The van der Waals surface area contributed by atoms with Crippen LogP contribution in [-0.2, 0) is 14.5 Å². The van der Waals surface area contributed by atoms with Crippen molar-refractivity contribution in [1.29, 1.82) is 0 Å². The molecular formula is C2H8N2O3S. The van der Waals surface area contributed by atoms with Crippen molar-refractivity contribution in [2.24, 2.45) is 10.9 Å². The molecule has 0 rings (SSSR count). The van der Waals surface area contributed by atoms with Crippen LogP contribution in [-0.4, -0.2) is 14.6 Å². The van der Waals surface area contributed by atoms with Gasteiger partial charge in [-0.3, -0.25) is 0 Å². The first-order chi connectivity index (χ1) is 3.42. The van der Waals surface area contributed by atoms with Crippen LogP contribution >= 0.6 is 0 Å². The van der Waals surface area contributed by atoms with E-state index in [0.29, 0.717) is 0 Å². The zero-order valence-corrected chi connectivity index (χ0v) is 5.18. The van der Waals surface area contributed by atoms with Gasteiger partial charge >= 0.3 is 10.3 Å². The SMILES string of the molecule is CC(N)OS(N)(=O)=O. The highest BCUT2D eigenvalue weighted by molar-refractivity contribution is 7.84. The molecule has 50 valence electrons. The maximum atomic E-state index is 9.92. The Kier molecular flexibility index (Phi) is 2.35. The molecule has 0 saturated carbocycles. The summed E-state index contributed by atoms with van der Waals surface area (Å²) >= 11 is 0. The van der Waals surface area contributed by atoms with E-state index in [-0.39, 0.29) is 0 Å². The van der Waals surface area contributed by atoms with Crippen LogP contribution in [0.15, 0.2) is 0 Å². The summed E-state index contributed by atoms with van der Waals surface area (Å²) in [6.45, 7) is 1.37. The highest BCUT2D eigenvalue weighted by Crippen LogP contribution is 1.83. The van der Waals surface area contributed by atoms with E-state index < -0.39 is 16.5 Å².